The number of hydrogen-bond donors (Lipinski definition) is 0. The number of aromatic nitrogens is 1. The van der Waals surface area contributed by atoms with Gasteiger partial charge in [0.2, 0.25) is 0 Å². The molecule has 3 rings (SSSR count). The van der Waals surface area contributed by atoms with Crippen LogP contribution in [0.25, 0.3) is 22.0 Å². The number of aryl methyl sites for hydroxylation is 1. The summed E-state index contributed by atoms with van der Waals surface area (Å²) in [5.41, 5.74) is 4.30. The van der Waals surface area contributed by atoms with Crippen LogP contribution in [0.1, 0.15) is 5.56 Å². The van der Waals surface area contributed by atoms with Gasteiger partial charge in [0.25, 0.3) is 0 Å². The van der Waals surface area contributed by atoms with Gasteiger partial charge in [-0.15, -0.1) is 0 Å². The van der Waals surface area contributed by atoms with Gasteiger partial charge in [0.1, 0.15) is 0 Å². The number of fused-ring (bicyclic) bond motifs is 1. The van der Waals surface area contributed by atoms with Crippen molar-refractivity contribution < 1.29 is 0 Å². The van der Waals surface area contributed by atoms with Gasteiger partial charge >= 0.3 is 0 Å². The maximum atomic E-state index is 6.35. The molecular weight excluding hydrogens is 242 g/mol. The van der Waals surface area contributed by atoms with Crippen LogP contribution in [0.3, 0.4) is 0 Å². The molecule has 0 amide bonds. The molecule has 0 aliphatic heterocycles. The van der Waals surface area contributed by atoms with Gasteiger partial charge in [0.05, 0.1) is 10.5 Å². The normalized spacial score (nSPS) is 10.8. The summed E-state index contributed by atoms with van der Waals surface area (Å²) >= 11 is 6.35. The van der Waals surface area contributed by atoms with Crippen LogP contribution >= 0.6 is 11.6 Å². The summed E-state index contributed by atoms with van der Waals surface area (Å²) < 4.78 is 0. The van der Waals surface area contributed by atoms with E-state index in [0.29, 0.717) is 0 Å². The van der Waals surface area contributed by atoms with E-state index < -0.39 is 0 Å². The zero-order valence-electron chi connectivity index (χ0n) is 10.0. The first-order chi connectivity index (χ1) is 8.75. The molecule has 0 N–H and O–H groups in total. The standard InChI is InChI=1S/C16H12ClN/c1-11-10-18-15-8-7-13(9-14(15)16(11)17)12-5-3-2-4-6-12/h2-10H,1H3. The number of rotatable bonds is 1. The first-order valence-electron chi connectivity index (χ1n) is 5.86. The van der Waals surface area contributed by atoms with Crippen molar-refractivity contribution in [3.8, 4) is 11.1 Å². The van der Waals surface area contributed by atoms with E-state index >= 15 is 0 Å². The van der Waals surface area contributed by atoms with Crippen LogP contribution < -0.4 is 0 Å². The lowest BCUT2D eigenvalue weighted by Crippen LogP contribution is -1.85. The predicted octanol–water partition coefficient (Wildman–Crippen LogP) is 4.86. The molecule has 0 saturated heterocycles. The highest BCUT2D eigenvalue weighted by Gasteiger charge is 2.05. The summed E-state index contributed by atoms with van der Waals surface area (Å²) in [5, 5.41) is 1.80. The highest BCUT2D eigenvalue weighted by molar-refractivity contribution is 6.36. The van der Waals surface area contributed by atoms with Crippen LogP contribution in [0.15, 0.2) is 54.7 Å². The summed E-state index contributed by atoms with van der Waals surface area (Å²) in [6.45, 7) is 1.98. The average molecular weight is 254 g/mol. The van der Waals surface area contributed by atoms with Gasteiger partial charge < -0.3 is 0 Å². The topological polar surface area (TPSA) is 12.9 Å². The van der Waals surface area contributed by atoms with E-state index in [9.17, 15) is 0 Å². The zero-order valence-corrected chi connectivity index (χ0v) is 10.8. The third kappa shape index (κ3) is 1.87. The molecule has 1 heterocycles. The van der Waals surface area contributed by atoms with Crippen molar-refractivity contribution in [3.05, 3.63) is 65.3 Å². The van der Waals surface area contributed by atoms with Crippen molar-refractivity contribution in [3.63, 3.8) is 0 Å². The quantitative estimate of drug-likeness (QED) is 0.603. The zero-order chi connectivity index (χ0) is 12.5. The minimum atomic E-state index is 0.790. The Hall–Kier alpha value is -1.86. The summed E-state index contributed by atoms with van der Waals surface area (Å²) in [6, 6.07) is 16.5. The van der Waals surface area contributed by atoms with E-state index in [4.69, 9.17) is 11.6 Å². The second kappa shape index (κ2) is 4.43. The molecule has 0 bridgehead atoms. The van der Waals surface area contributed by atoms with Crippen LogP contribution in [0.4, 0.5) is 0 Å². The van der Waals surface area contributed by atoms with Gasteiger partial charge in [-0.25, -0.2) is 0 Å². The molecule has 0 aliphatic carbocycles. The monoisotopic (exact) mass is 253 g/mol. The van der Waals surface area contributed by atoms with Crippen molar-refractivity contribution >= 4 is 22.5 Å². The Morgan fingerprint density at radius 1 is 0.944 bits per heavy atom. The Balaban J connectivity index is 2.25. The Morgan fingerprint density at radius 2 is 1.72 bits per heavy atom. The first-order valence-corrected chi connectivity index (χ1v) is 6.24. The van der Waals surface area contributed by atoms with Gasteiger partial charge in [0, 0.05) is 11.6 Å². The predicted molar refractivity (Wildman–Crippen MR) is 76.9 cm³/mol. The summed E-state index contributed by atoms with van der Waals surface area (Å²) in [7, 11) is 0. The molecule has 18 heavy (non-hydrogen) atoms. The van der Waals surface area contributed by atoms with E-state index in [-0.39, 0.29) is 0 Å². The van der Waals surface area contributed by atoms with Crippen molar-refractivity contribution in [2.45, 2.75) is 6.92 Å². The van der Waals surface area contributed by atoms with Crippen molar-refractivity contribution in [2.24, 2.45) is 0 Å². The molecule has 2 aromatic carbocycles. The number of hydrogen-bond acceptors (Lipinski definition) is 1. The average Bonchev–Trinajstić information content (AvgIpc) is 2.44. The van der Waals surface area contributed by atoms with E-state index in [1.165, 1.54) is 5.56 Å². The fourth-order valence-corrected chi connectivity index (χ4v) is 2.27. The molecular formula is C16H12ClN. The molecule has 0 atom stereocenters. The van der Waals surface area contributed by atoms with Crippen LogP contribution in [0, 0.1) is 6.92 Å². The van der Waals surface area contributed by atoms with Gasteiger partial charge in [-0.1, -0.05) is 48.0 Å². The van der Waals surface area contributed by atoms with Gasteiger partial charge in [-0.2, -0.15) is 0 Å². The second-order valence-electron chi connectivity index (χ2n) is 4.35. The number of pyridine rings is 1. The van der Waals surface area contributed by atoms with Gasteiger partial charge in [0.15, 0.2) is 0 Å². The fourth-order valence-electron chi connectivity index (χ4n) is 2.07. The molecule has 0 aliphatic rings. The molecule has 0 saturated carbocycles. The lowest BCUT2D eigenvalue weighted by Gasteiger charge is -2.06. The summed E-state index contributed by atoms with van der Waals surface area (Å²) in [4.78, 5) is 4.39. The summed E-state index contributed by atoms with van der Waals surface area (Å²) in [5.74, 6) is 0. The smallest absolute Gasteiger partial charge is 0.0717 e. The lowest BCUT2D eigenvalue weighted by atomic mass is 10.0. The van der Waals surface area contributed by atoms with E-state index in [2.05, 4.69) is 29.2 Å². The van der Waals surface area contributed by atoms with E-state index in [1.54, 1.807) is 0 Å². The molecule has 3 aromatic rings. The SMILES string of the molecule is Cc1cnc2ccc(-c3ccccc3)cc2c1Cl. The van der Waals surface area contributed by atoms with E-state index in [1.807, 2.05) is 37.4 Å². The number of benzene rings is 2. The number of nitrogens with zero attached hydrogens (tertiary/aromatic N) is 1. The Kier molecular flexibility index (Phi) is 2.77. The second-order valence-corrected chi connectivity index (χ2v) is 4.73. The molecule has 2 heteroatoms. The Labute approximate surface area is 111 Å². The van der Waals surface area contributed by atoms with Gasteiger partial charge in [-0.3, -0.25) is 4.98 Å². The highest BCUT2D eigenvalue weighted by atomic mass is 35.5. The Morgan fingerprint density at radius 3 is 2.50 bits per heavy atom. The Bertz CT molecular complexity index is 705. The van der Waals surface area contributed by atoms with Crippen LogP contribution in [-0.4, -0.2) is 4.98 Å². The molecule has 0 unspecified atom stereocenters. The fraction of sp³-hybridized carbons (Fsp3) is 0.0625. The first kappa shape index (κ1) is 11.2. The number of halogens is 1. The molecule has 1 nitrogen and oxygen atoms in total. The van der Waals surface area contributed by atoms with Gasteiger partial charge in [-0.05, 0) is 35.7 Å². The van der Waals surface area contributed by atoms with Crippen molar-refractivity contribution in [1.82, 2.24) is 4.98 Å². The van der Waals surface area contributed by atoms with Crippen LogP contribution in [-0.2, 0) is 0 Å². The molecule has 1 aromatic heterocycles. The van der Waals surface area contributed by atoms with Crippen LogP contribution in [0.5, 0.6) is 0 Å². The van der Waals surface area contributed by atoms with Crippen molar-refractivity contribution in [1.29, 1.82) is 0 Å². The lowest BCUT2D eigenvalue weighted by molar-refractivity contribution is 1.33. The third-order valence-corrected chi connectivity index (χ3v) is 3.59. The molecule has 0 radical (unpaired) electrons. The molecule has 0 spiro atoms. The van der Waals surface area contributed by atoms with Crippen LogP contribution in [0.2, 0.25) is 5.02 Å². The molecule has 0 fully saturated rings. The minimum absolute atomic E-state index is 0.790. The highest BCUT2D eigenvalue weighted by Crippen LogP contribution is 2.29. The van der Waals surface area contributed by atoms with E-state index in [0.717, 1.165) is 27.1 Å². The molecule has 88 valence electrons. The maximum absolute atomic E-state index is 6.35. The van der Waals surface area contributed by atoms with Crippen molar-refractivity contribution in [2.75, 3.05) is 0 Å². The summed E-state index contributed by atoms with van der Waals surface area (Å²) in [6.07, 6.45) is 1.81. The largest absolute Gasteiger partial charge is 0.256 e. The maximum Gasteiger partial charge on any atom is 0.0717 e. The third-order valence-electron chi connectivity index (χ3n) is 3.08. The minimum Gasteiger partial charge on any atom is -0.256 e.